The Labute approximate surface area is 358 Å². The Hall–Kier alpha value is -8.41. The largest absolute Gasteiger partial charge is 0.307 e. The monoisotopic (exact) mass is 791 g/mol. The number of aromatic nitrogens is 5. The maximum Gasteiger partial charge on any atom is 0.238 e. The van der Waals surface area contributed by atoms with E-state index in [0.29, 0.717) is 17.6 Å². The van der Waals surface area contributed by atoms with Crippen LogP contribution in [0.2, 0.25) is 0 Å². The van der Waals surface area contributed by atoms with Crippen LogP contribution in [-0.2, 0) is 0 Å². The molecule has 0 N–H and O–H groups in total. The molecule has 0 atom stereocenters. The van der Waals surface area contributed by atoms with Crippen molar-refractivity contribution in [2.75, 3.05) is 0 Å². The maximum absolute atomic E-state index is 5.45. The Morgan fingerprint density at radius 3 is 1.39 bits per heavy atom. The minimum Gasteiger partial charge on any atom is -0.307 e. The first-order chi connectivity index (χ1) is 30.7. The van der Waals surface area contributed by atoms with Gasteiger partial charge in [0.15, 0.2) is 11.6 Å². The van der Waals surface area contributed by atoms with Gasteiger partial charge in [-0.05, 0) is 69.8 Å². The van der Waals surface area contributed by atoms with Gasteiger partial charge in [-0.1, -0.05) is 188 Å². The van der Waals surface area contributed by atoms with Crippen molar-refractivity contribution in [2.45, 2.75) is 0 Å². The van der Waals surface area contributed by atoms with E-state index in [1.807, 2.05) is 12.1 Å². The first kappa shape index (κ1) is 35.5. The van der Waals surface area contributed by atoms with E-state index in [9.17, 15) is 0 Å². The lowest BCUT2D eigenvalue weighted by Gasteiger charge is -2.14. The van der Waals surface area contributed by atoms with Gasteiger partial charge >= 0.3 is 0 Å². The molecule has 5 nitrogen and oxygen atoms in total. The van der Waals surface area contributed by atoms with Crippen molar-refractivity contribution in [3.8, 4) is 67.8 Å². The van der Waals surface area contributed by atoms with Gasteiger partial charge in [0.25, 0.3) is 0 Å². The summed E-state index contributed by atoms with van der Waals surface area (Å²) in [6, 6.07) is 79.2. The van der Waals surface area contributed by atoms with Crippen molar-refractivity contribution in [2.24, 2.45) is 0 Å². The second-order valence-corrected chi connectivity index (χ2v) is 15.7. The van der Waals surface area contributed by atoms with Crippen molar-refractivity contribution in [3.63, 3.8) is 0 Å². The van der Waals surface area contributed by atoms with E-state index >= 15 is 0 Å². The van der Waals surface area contributed by atoms with Gasteiger partial charge in [-0.25, -0.2) is 4.98 Å². The Morgan fingerprint density at radius 1 is 0.258 bits per heavy atom. The van der Waals surface area contributed by atoms with Crippen molar-refractivity contribution in [1.29, 1.82) is 0 Å². The second kappa shape index (κ2) is 14.7. The molecular weight excluding hydrogens is 755 g/mol. The molecule has 0 unspecified atom stereocenters. The van der Waals surface area contributed by atoms with Crippen LogP contribution in [0.1, 0.15) is 0 Å². The van der Waals surface area contributed by atoms with Gasteiger partial charge in [0.05, 0.1) is 22.1 Å². The third-order valence-corrected chi connectivity index (χ3v) is 12.0. The number of rotatable bonds is 7. The summed E-state index contributed by atoms with van der Waals surface area (Å²) < 4.78 is 4.67. The lowest BCUT2D eigenvalue weighted by molar-refractivity contribution is 0.953. The normalized spacial score (nSPS) is 11.5. The molecule has 0 spiro atoms. The topological polar surface area (TPSA) is 48.5 Å². The smallest absolute Gasteiger partial charge is 0.238 e. The second-order valence-electron chi connectivity index (χ2n) is 15.7. The highest BCUT2D eigenvalue weighted by Gasteiger charge is 2.24. The van der Waals surface area contributed by atoms with E-state index < -0.39 is 0 Å². The van der Waals surface area contributed by atoms with Crippen LogP contribution in [0.25, 0.3) is 111 Å². The minimum absolute atomic E-state index is 0.548. The summed E-state index contributed by atoms with van der Waals surface area (Å²) in [5, 5.41) is 4.58. The van der Waals surface area contributed by atoms with Crippen molar-refractivity contribution in [1.82, 2.24) is 24.1 Å². The molecule has 0 saturated carbocycles. The number of hydrogen-bond acceptors (Lipinski definition) is 3. The Balaban J connectivity index is 1.18. The van der Waals surface area contributed by atoms with Crippen LogP contribution in [0, 0.1) is 0 Å². The molecule has 12 rings (SSSR count). The van der Waals surface area contributed by atoms with Crippen molar-refractivity contribution >= 4 is 43.6 Å². The van der Waals surface area contributed by atoms with E-state index in [1.54, 1.807) is 0 Å². The number of benzene rings is 9. The van der Waals surface area contributed by atoms with Gasteiger partial charge in [0.1, 0.15) is 0 Å². The molecule has 3 heterocycles. The molecule has 3 aromatic heterocycles. The molecular formula is C57H37N5. The van der Waals surface area contributed by atoms with Gasteiger partial charge in [0, 0.05) is 38.4 Å². The number of nitrogens with zero attached hydrogens (tertiary/aromatic N) is 5. The van der Waals surface area contributed by atoms with E-state index in [1.165, 1.54) is 5.39 Å². The summed E-state index contributed by atoms with van der Waals surface area (Å²) in [5.41, 5.74) is 14.0. The summed E-state index contributed by atoms with van der Waals surface area (Å²) in [6.45, 7) is 0. The Kier molecular flexibility index (Phi) is 8.42. The number of fused-ring (bicyclic) bond motifs is 7. The summed E-state index contributed by atoms with van der Waals surface area (Å²) >= 11 is 0. The molecule has 0 amide bonds. The lowest BCUT2D eigenvalue weighted by atomic mass is 10.0. The van der Waals surface area contributed by atoms with Crippen LogP contribution in [0.4, 0.5) is 0 Å². The third-order valence-electron chi connectivity index (χ3n) is 12.0. The van der Waals surface area contributed by atoms with Gasteiger partial charge in [-0.3, -0.25) is 4.57 Å². The quantitative estimate of drug-likeness (QED) is 0.162. The van der Waals surface area contributed by atoms with E-state index in [-0.39, 0.29) is 0 Å². The molecule has 290 valence electrons. The van der Waals surface area contributed by atoms with Crippen molar-refractivity contribution < 1.29 is 0 Å². The number of hydrogen-bond donors (Lipinski definition) is 0. The zero-order valence-corrected chi connectivity index (χ0v) is 33.6. The summed E-state index contributed by atoms with van der Waals surface area (Å²) in [5.74, 6) is 1.75. The molecule has 0 aliphatic carbocycles. The first-order valence-electron chi connectivity index (χ1n) is 20.9. The maximum atomic E-state index is 5.45. The molecule has 0 fully saturated rings. The summed E-state index contributed by atoms with van der Waals surface area (Å²) in [7, 11) is 0. The molecule has 0 aliphatic heterocycles. The fraction of sp³-hybridized carbons (Fsp3) is 0. The Morgan fingerprint density at radius 2 is 0.710 bits per heavy atom. The lowest BCUT2D eigenvalue weighted by Crippen LogP contribution is -2.07. The average molecular weight is 792 g/mol. The molecule has 9 aromatic carbocycles. The van der Waals surface area contributed by atoms with Crippen LogP contribution < -0.4 is 0 Å². The first-order valence-corrected chi connectivity index (χ1v) is 20.9. The van der Waals surface area contributed by atoms with Gasteiger partial charge in [-0.2, -0.15) is 9.97 Å². The molecule has 0 bridgehead atoms. The highest BCUT2D eigenvalue weighted by atomic mass is 15.2. The van der Waals surface area contributed by atoms with Gasteiger partial charge in [0.2, 0.25) is 5.95 Å². The third kappa shape index (κ3) is 5.98. The molecule has 5 heteroatoms. The van der Waals surface area contributed by atoms with Crippen molar-refractivity contribution in [3.05, 3.63) is 224 Å². The zero-order chi connectivity index (χ0) is 41.0. The van der Waals surface area contributed by atoms with Crippen LogP contribution in [0.5, 0.6) is 0 Å². The number of para-hydroxylation sites is 2. The van der Waals surface area contributed by atoms with E-state index in [2.05, 4.69) is 221 Å². The SMILES string of the molecule is c1ccc(-c2ccc(-c3nc(-c4cccc(-c5ccccc5)c4)nc(-n4c5ccc(-c6ccccc6)cc5c5ccc6c7ccccc7n(-c7ccccc7)c6c54)n3)cc2)cc1. The molecule has 0 saturated heterocycles. The van der Waals surface area contributed by atoms with Crippen LogP contribution in [-0.4, -0.2) is 24.1 Å². The van der Waals surface area contributed by atoms with E-state index in [0.717, 1.165) is 88.4 Å². The van der Waals surface area contributed by atoms with Gasteiger partial charge in [-0.15, -0.1) is 0 Å². The predicted octanol–water partition coefficient (Wildman–Crippen LogP) is 14.4. The molecule has 0 radical (unpaired) electrons. The van der Waals surface area contributed by atoms with Crippen LogP contribution in [0.15, 0.2) is 224 Å². The highest BCUT2D eigenvalue weighted by Crippen LogP contribution is 2.42. The fourth-order valence-electron chi connectivity index (χ4n) is 9.05. The van der Waals surface area contributed by atoms with Gasteiger partial charge < -0.3 is 4.57 Å². The molecule has 12 aromatic rings. The fourth-order valence-corrected chi connectivity index (χ4v) is 9.05. The van der Waals surface area contributed by atoms with Crippen LogP contribution in [0.3, 0.4) is 0 Å². The summed E-state index contributed by atoms with van der Waals surface area (Å²) in [6.07, 6.45) is 0. The minimum atomic E-state index is 0.548. The Bertz CT molecular complexity index is 3590. The average Bonchev–Trinajstić information content (AvgIpc) is 3.88. The highest BCUT2D eigenvalue weighted by molar-refractivity contribution is 6.24. The van der Waals surface area contributed by atoms with Crippen LogP contribution >= 0.6 is 0 Å². The van der Waals surface area contributed by atoms with E-state index in [4.69, 9.17) is 15.0 Å². The molecule has 0 aliphatic rings. The zero-order valence-electron chi connectivity index (χ0n) is 33.6. The summed E-state index contributed by atoms with van der Waals surface area (Å²) in [4.78, 5) is 16.1. The predicted molar refractivity (Wildman–Crippen MR) is 256 cm³/mol. The standard InChI is InChI=1S/C57H37N5/c1-5-16-38(17-6-1)41-28-30-42(31-29-41)55-58-56(45-23-15-22-43(36-45)39-18-7-2-8-19-39)60-57(59-55)62-52-35-32-44(40-20-9-3-10-21-40)37-50(52)49-34-33-48-47-26-13-14-27-51(47)61(53(48)54(49)62)46-24-11-4-12-25-46/h1-37H. The molecule has 62 heavy (non-hydrogen) atoms.